The Hall–Kier alpha value is -3.12. The lowest BCUT2D eigenvalue weighted by Gasteiger charge is -2.13. The molecular formula is C25H27N3O2S. The van der Waals surface area contributed by atoms with E-state index in [4.69, 9.17) is 4.98 Å². The van der Waals surface area contributed by atoms with E-state index in [-0.39, 0.29) is 4.90 Å². The summed E-state index contributed by atoms with van der Waals surface area (Å²) < 4.78 is 30.8. The van der Waals surface area contributed by atoms with Gasteiger partial charge in [-0.15, -0.1) is 0 Å². The van der Waals surface area contributed by atoms with Crippen molar-refractivity contribution in [3.63, 3.8) is 0 Å². The van der Waals surface area contributed by atoms with Gasteiger partial charge in [-0.25, -0.2) is 13.4 Å². The Kier molecular flexibility index (Phi) is 5.83. The van der Waals surface area contributed by atoms with Crippen LogP contribution in [0.25, 0.3) is 11.0 Å². The second-order valence-corrected chi connectivity index (χ2v) is 9.74. The van der Waals surface area contributed by atoms with Gasteiger partial charge in [0.1, 0.15) is 5.82 Å². The van der Waals surface area contributed by atoms with E-state index in [2.05, 4.69) is 29.2 Å². The van der Waals surface area contributed by atoms with Crippen LogP contribution < -0.4 is 4.72 Å². The minimum Gasteiger partial charge on any atom is -0.331 e. The number of rotatable bonds is 7. The fourth-order valence-electron chi connectivity index (χ4n) is 3.74. The van der Waals surface area contributed by atoms with Crippen molar-refractivity contribution in [1.82, 2.24) is 9.55 Å². The number of aromatic nitrogens is 2. The molecule has 4 rings (SSSR count). The van der Waals surface area contributed by atoms with Gasteiger partial charge in [-0.1, -0.05) is 56.3 Å². The van der Waals surface area contributed by atoms with Crippen LogP contribution in [0.4, 0.5) is 5.69 Å². The summed E-state index contributed by atoms with van der Waals surface area (Å²) >= 11 is 0. The first-order valence-electron chi connectivity index (χ1n) is 10.5. The Balaban J connectivity index is 1.54. The van der Waals surface area contributed by atoms with E-state index in [1.165, 1.54) is 0 Å². The number of fused-ring (bicyclic) bond motifs is 1. The number of hydrogen-bond donors (Lipinski definition) is 1. The van der Waals surface area contributed by atoms with Gasteiger partial charge >= 0.3 is 0 Å². The van der Waals surface area contributed by atoms with Crippen LogP contribution >= 0.6 is 0 Å². The van der Waals surface area contributed by atoms with Gasteiger partial charge in [0.25, 0.3) is 10.0 Å². The molecule has 0 atom stereocenters. The number of nitrogens with zero attached hydrogens (tertiary/aromatic N) is 2. The van der Waals surface area contributed by atoms with Gasteiger partial charge in [0, 0.05) is 13.5 Å². The number of hydrogen-bond acceptors (Lipinski definition) is 3. The predicted molar refractivity (Wildman–Crippen MR) is 126 cm³/mol. The van der Waals surface area contributed by atoms with Gasteiger partial charge in [-0.3, -0.25) is 4.72 Å². The number of aryl methyl sites for hydroxylation is 3. The third-order valence-electron chi connectivity index (χ3n) is 5.62. The number of imidazole rings is 1. The molecule has 0 fully saturated rings. The summed E-state index contributed by atoms with van der Waals surface area (Å²) in [4.78, 5) is 4.99. The SMILES string of the molecule is CC(C)c1ccc(S(=O)(=O)Nc2ccccc2CCc2nc3ccccc3n2C)cc1. The summed E-state index contributed by atoms with van der Waals surface area (Å²) in [6.07, 6.45) is 1.40. The quantitative estimate of drug-likeness (QED) is 0.431. The van der Waals surface area contributed by atoms with E-state index in [9.17, 15) is 8.42 Å². The van der Waals surface area contributed by atoms with E-state index in [0.29, 0.717) is 24.4 Å². The molecule has 0 aliphatic heterocycles. The normalized spacial score (nSPS) is 11.9. The Labute approximate surface area is 183 Å². The van der Waals surface area contributed by atoms with Crippen molar-refractivity contribution in [2.45, 2.75) is 37.5 Å². The average molecular weight is 434 g/mol. The Morgan fingerprint density at radius 1 is 0.903 bits per heavy atom. The van der Waals surface area contributed by atoms with Crippen molar-refractivity contribution < 1.29 is 8.42 Å². The summed E-state index contributed by atoms with van der Waals surface area (Å²) in [5.41, 5.74) is 4.73. The van der Waals surface area contributed by atoms with Crippen molar-refractivity contribution in [2.24, 2.45) is 7.05 Å². The zero-order valence-electron chi connectivity index (χ0n) is 18.0. The molecule has 0 aliphatic rings. The Morgan fingerprint density at radius 3 is 2.29 bits per heavy atom. The molecule has 4 aromatic rings. The van der Waals surface area contributed by atoms with Crippen LogP contribution in [0.2, 0.25) is 0 Å². The van der Waals surface area contributed by atoms with E-state index in [1.54, 1.807) is 12.1 Å². The number of nitrogens with one attached hydrogen (secondary N) is 1. The summed E-state index contributed by atoms with van der Waals surface area (Å²) in [6.45, 7) is 4.17. The molecule has 1 N–H and O–H groups in total. The van der Waals surface area contributed by atoms with Crippen LogP contribution in [0.1, 0.15) is 36.7 Å². The predicted octanol–water partition coefficient (Wildman–Crippen LogP) is 5.28. The first-order valence-corrected chi connectivity index (χ1v) is 11.9. The van der Waals surface area contributed by atoms with E-state index in [1.807, 2.05) is 61.6 Å². The second-order valence-electron chi connectivity index (χ2n) is 8.06. The summed E-state index contributed by atoms with van der Waals surface area (Å²) in [5, 5.41) is 0. The molecule has 0 bridgehead atoms. The highest BCUT2D eigenvalue weighted by molar-refractivity contribution is 7.92. The molecule has 1 heterocycles. The molecule has 31 heavy (non-hydrogen) atoms. The molecule has 0 aliphatic carbocycles. The standard InChI is InChI=1S/C25H27N3O2S/c1-18(2)19-12-15-21(16-13-19)31(29,30)27-22-9-5-4-8-20(22)14-17-25-26-23-10-6-7-11-24(23)28(25)3/h4-13,15-16,18,27H,14,17H2,1-3H3. The fourth-order valence-corrected chi connectivity index (χ4v) is 4.84. The van der Waals surface area contributed by atoms with Gasteiger partial charge < -0.3 is 4.57 Å². The monoisotopic (exact) mass is 433 g/mol. The summed E-state index contributed by atoms with van der Waals surface area (Å²) in [5.74, 6) is 1.33. The Morgan fingerprint density at radius 2 is 1.58 bits per heavy atom. The maximum Gasteiger partial charge on any atom is 0.261 e. The van der Waals surface area contributed by atoms with Crippen molar-refractivity contribution in [3.05, 3.63) is 89.7 Å². The fraction of sp³-hybridized carbons (Fsp3) is 0.240. The summed E-state index contributed by atoms with van der Waals surface area (Å²) in [7, 11) is -1.65. The van der Waals surface area contributed by atoms with Gasteiger partial charge in [0.05, 0.1) is 21.6 Å². The first kappa shape index (κ1) is 21.1. The number of benzene rings is 3. The van der Waals surface area contributed by atoms with Crippen molar-refractivity contribution >= 4 is 26.7 Å². The third-order valence-corrected chi connectivity index (χ3v) is 7.00. The molecule has 0 amide bonds. The largest absolute Gasteiger partial charge is 0.331 e. The topological polar surface area (TPSA) is 64.0 Å². The lowest BCUT2D eigenvalue weighted by atomic mass is 10.0. The van der Waals surface area contributed by atoms with Crippen LogP contribution in [0, 0.1) is 0 Å². The van der Waals surface area contributed by atoms with E-state index in [0.717, 1.165) is 28.0 Å². The highest BCUT2D eigenvalue weighted by atomic mass is 32.2. The van der Waals surface area contributed by atoms with Gasteiger partial charge in [0.2, 0.25) is 0 Å². The zero-order valence-corrected chi connectivity index (χ0v) is 18.9. The minimum atomic E-state index is -3.66. The van der Waals surface area contributed by atoms with Crippen LogP contribution in [-0.4, -0.2) is 18.0 Å². The lowest BCUT2D eigenvalue weighted by Crippen LogP contribution is -2.14. The molecule has 0 saturated carbocycles. The molecule has 3 aromatic carbocycles. The molecule has 0 radical (unpaired) electrons. The lowest BCUT2D eigenvalue weighted by molar-refractivity contribution is 0.601. The first-order chi connectivity index (χ1) is 14.8. The zero-order chi connectivity index (χ0) is 22.0. The van der Waals surface area contributed by atoms with Crippen molar-refractivity contribution in [1.29, 1.82) is 0 Å². The highest BCUT2D eigenvalue weighted by Gasteiger charge is 2.17. The second kappa shape index (κ2) is 8.55. The average Bonchev–Trinajstić information content (AvgIpc) is 3.09. The van der Waals surface area contributed by atoms with Crippen molar-refractivity contribution in [2.75, 3.05) is 4.72 Å². The molecule has 1 aromatic heterocycles. The van der Waals surface area contributed by atoms with E-state index < -0.39 is 10.0 Å². The van der Waals surface area contributed by atoms with Crippen LogP contribution in [0.5, 0.6) is 0 Å². The number of anilines is 1. The van der Waals surface area contributed by atoms with Gasteiger partial charge in [-0.05, 0) is 53.8 Å². The molecule has 0 saturated heterocycles. The highest BCUT2D eigenvalue weighted by Crippen LogP contribution is 2.24. The molecule has 0 spiro atoms. The molecule has 160 valence electrons. The van der Waals surface area contributed by atoms with E-state index >= 15 is 0 Å². The molecule has 5 nitrogen and oxygen atoms in total. The number of para-hydroxylation sites is 3. The smallest absolute Gasteiger partial charge is 0.261 e. The van der Waals surface area contributed by atoms with Crippen LogP contribution in [-0.2, 0) is 29.9 Å². The van der Waals surface area contributed by atoms with Crippen LogP contribution in [0.3, 0.4) is 0 Å². The minimum absolute atomic E-state index is 0.266. The van der Waals surface area contributed by atoms with Gasteiger partial charge in [-0.2, -0.15) is 0 Å². The number of sulfonamides is 1. The maximum atomic E-state index is 13.0. The van der Waals surface area contributed by atoms with Gasteiger partial charge in [0.15, 0.2) is 0 Å². The molecule has 0 unspecified atom stereocenters. The summed E-state index contributed by atoms with van der Waals surface area (Å²) in [6, 6.07) is 22.7. The van der Waals surface area contributed by atoms with Crippen molar-refractivity contribution in [3.8, 4) is 0 Å². The maximum absolute atomic E-state index is 13.0. The third kappa shape index (κ3) is 4.49. The molecular weight excluding hydrogens is 406 g/mol. The Bertz CT molecular complexity index is 1310. The molecule has 6 heteroatoms. The van der Waals surface area contributed by atoms with Crippen LogP contribution in [0.15, 0.2) is 77.7 Å².